The van der Waals surface area contributed by atoms with Gasteiger partial charge in [-0.2, -0.15) is 0 Å². The van der Waals surface area contributed by atoms with Crippen molar-refractivity contribution in [2.24, 2.45) is 0 Å². The third-order valence-corrected chi connectivity index (χ3v) is 5.27. The quantitative estimate of drug-likeness (QED) is 0.666. The highest BCUT2D eigenvalue weighted by atomic mass is 19.2. The fourth-order valence-electron chi connectivity index (χ4n) is 3.65. The second-order valence-electron chi connectivity index (χ2n) is 7.12. The van der Waals surface area contributed by atoms with Gasteiger partial charge in [-0.25, -0.2) is 8.78 Å². The zero-order valence-electron chi connectivity index (χ0n) is 16.2. The Labute approximate surface area is 168 Å². The van der Waals surface area contributed by atoms with Gasteiger partial charge in [-0.1, -0.05) is 17.3 Å². The van der Waals surface area contributed by atoms with Gasteiger partial charge in [-0.15, -0.1) is 0 Å². The molecule has 0 spiro atoms. The minimum absolute atomic E-state index is 0.330. The van der Waals surface area contributed by atoms with Crippen molar-refractivity contribution in [2.45, 2.75) is 25.4 Å². The summed E-state index contributed by atoms with van der Waals surface area (Å²) in [6, 6.07) is 14.0. The predicted octanol–water partition coefficient (Wildman–Crippen LogP) is 4.39. The van der Waals surface area contributed by atoms with Gasteiger partial charge in [-0.05, 0) is 37.1 Å². The summed E-state index contributed by atoms with van der Waals surface area (Å²) >= 11 is 0. The number of ether oxygens (including phenoxy) is 1. The number of hydrogen-bond donors (Lipinski definition) is 1. The van der Waals surface area contributed by atoms with Crippen LogP contribution >= 0.6 is 0 Å². The number of para-hydroxylation sites is 1. The van der Waals surface area contributed by atoms with Crippen molar-refractivity contribution >= 4 is 5.69 Å². The maximum absolute atomic E-state index is 13.5. The third-order valence-electron chi connectivity index (χ3n) is 5.27. The van der Waals surface area contributed by atoms with E-state index in [4.69, 9.17) is 9.26 Å². The third kappa shape index (κ3) is 4.40. The van der Waals surface area contributed by atoms with E-state index in [0.717, 1.165) is 54.4 Å². The molecule has 29 heavy (non-hydrogen) atoms. The molecule has 1 aromatic heterocycles. The molecule has 2 heterocycles. The Morgan fingerprint density at radius 3 is 2.66 bits per heavy atom. The SMILES string of the molecule is COc1ccccc1-c1cc(CNC2CCN(c3ccc(F)c(F)c3)CC2)on1. The van der Waals surface area contributed by atoms with Crippen molar-refractivity contribution in [1.82, 2.24) is 10.5 Å². The molecule has 152 valence electrons. The second kappa shape index (κ2) is 8.61. The normalized spacial score (nSPS) is 14.9. The summed E-state index contributed by atoms with van der Waals surface area (Å²) in [7, 11) is 1.63. The van der Waals surface area contributed by atoms with Crippen molar-refractivity contribution in [3.63, 3.8) is 0 Å². The molecule has 0 amide bonds. The first kappa shape index (κ1) is 19.4. The molecule has 1 saturated heterocycles. The van der Waals surface area contributed by atoms with Gasteiger partial charge in [0.25, 0.3) is 0 Å². The summed E-state index contributed by atoms with van der Waals surface area (Å²) in [6.45, 7) is 2.15. The van der Waals surface area contributed by atoms with E-state index < -0.39 is 11.6 Å². The van der Waals surface area contributed by atoms with Crippen molar-refractivity contribution in [1.29, 1.82) is 0 Å². The molecule has 2 aromatic carbocycles. The first-order chi connectivity index (χ1) is 14.1. The number of anilines is 1. The summed E-state index contributed by atoms with van der Waals surface area (Å²) in [6.07, 6.45) is 1.82. The highest BCUT2D eigenvalue weighted by Crippen LogP contribution is 2.29. The van der Waals surface area contributed by atoms with Crippen LogP contribution in [0.2, 0.25) is 0 Å². The van der Waals surface area contributed by atoms with Gasteiger partial charge in [0.2, 0.25) is 0 Å². The molecule has 0 aliphatic carbocycles. The summed E-state index contributed by atoms with van der Waals surface area (Å²) in [4.78, 5) is 2.08. The van der Waals surface area contributed by atoms with Crippen LogP contribution in [0.3, 0.4) is 0 Å². The number of methoxy groups -OCH3 is 1. The van der Waals surface area contributed by atoms with Gasteiger partial charge in [0.05, 0.1) is 13.7 Å². The number of benzene rings is 2. The maximum atomic E-state index is 13.5. The maximum Gasteiger partial charge on any atom is 0.160 e. The minimum Gasteiger partial charge on any atom is -0.496 e. The molecule has 3 aromatic rings. The summed E-state index contributed by atoms with van der Waals surface area (Å²) in [5.74, 6) is -0.109. The smallest absolute Gasteiger partial charge is 0.160 e. The average molecular weight is 399 g/mol. The van der Waals surface area contributed by atoms with Gasteiger partial charge in [0, 0.05) is 42.5 Å². The lowest BCUT2D eigenvalue weighted by Gasteiger charge is -2.34. The van der Waals surface area contributed by atoms with E-state index >= 15 is 0 Å². The molecule has 7 heteroatoms. The first-order valence-electron chi connectivity index (χ1n) is 9.66. The fourth-order valence-corrected chi connectivity index (χ4v) is 3.65. The van der Waals surface area contributed by atoms with Crippen molar-refractivity contribution in [3.8, 4) is 17.0 Å². The lowest BCUT2D eigenvalue weighted by molar-refractivity contribution is 0.347. The van der Waals surface area contributed by atoms with E-state index in [-0.39, 0.29) is 0 Å². The van der Waals surface area contributed by atoms with E-state index in [2.05, 4.69) is 15.4 Å². The Hall–Kier alpha value is -2.93. The summed E-state index contributed by atoms with van der Waals surface area (Å²) < 4.78 is 37.4. The standard InChI is InChI=1S/C22H23F2N3O2/c1-28-22-5-3-2-4-18(22)21-13-17(29-26-21)14-25-15-8-10-27(11-9-15)16-6-7-19(23)20(24)12-16/h2-7,12-13,15,25H,8-11,14H2,1H3. The molecule has 0 atom stereocenters. The van der Waals surface area contributed by atoms with Crippen molar-refractivity contribution in [2.75, 3.05) is 25.1 Å². The zero-order chi connectivity index (χ0) is 20.2. The Kier molecular flexibility index (Phi) is 5.76. The molecule has 0 radical (unpaired) electrons. The van der Waals surface area contributed by atoms with E-state index in [1.165, 1.54) is 12.1 Å². The van der Waals surface area contributed by atoms with Gasteiger partial charge < -0.3 is 19.5 Å². The molecule has 0 saturated carbocycles. The van der Waals surface area contributed by atoms with E-state index in [9.17, 15) is 8.78 Å². The Morgan fingerprint density at radius 1 is 1.10 bits per heavy atom. The highest BCUT2D eigenvalue weighted by Gasteiger charge is 2.20. The summed E-state index contributed by atoms with van der Waals surface area (Å²) in [5.41, 5.74) is 2.36. The zero-order valence-corrected chi connectivity index (χ0v) is 16.2. The molecule has 1 N–H and O–H groups in total. The van der Waals surface area contributed by atoms with Crippen LogP contribution in [0, 0.1) is 11.6 Å². The van der Waals surface area contributed by atoms with Crippen LogP contribution in [0.15, 0.2) is 53.1 Å². The molecule has 1 aliphatic rings. The van der Waals surface area contributed by atoms with E-state index in [0.29, 0.717) is 12.6 Å². The molecule has 1 fully saturated rings. The van der Waals surface area contributed by atoms with E-state index in [1.54, 1.807) is 13.2 Å². The highest BCUT2D eigenvalue weighted by molar-refractivity contribution is 5.66. The van der Waals surface area contributed by atoms with Crippen LogP contribution < -0.4 is 15.0 Å². The molecule has 4 rings (SSSR count). The number of aromatic nitrogens is 1. The fraction of sp³-hybridized carbons (Fsp3) is 0.318. The van der Waals surface area contributed by atoms with Gasteiger partial charge >= 0.3 is 0 Å². The summed E-state index contributed by atoms with van der Waals surface area (Å²) in [5, 5.41) is 7.65. The average Bonchev–Trinajstić information content (AvgIpc) is 3.23. The van der Waals surface area contributed by atoms with Gasteiger partial charge in [0.1, 0.15) is 11.4 Å². The topological polar surface area (TPSA) is 50.5 Å². The monoisotopic (exact) mass is 399 g/mol. The molecular formula is C22H23F2N3O2. The minimum atomic E-state index is -0.815. The van der Waals surface area contributed by atoms with Crippen LogP contribution in [-0.4, -0.2) is 31.4 Å². The number of halogens is 2. The van der Waals surface area contributed by atoms with Crippen LogP contribution in [-0.2, 0) is 6.54 Å². The molecule has 5 nitrogen and oxygen atoms in total. The Morgan fingerprint density at radius 2 is 1.90 bits per heavy atom. The molecule has 0 bridgehead atoms. The van der Waals surface area contributed by atoms with Crippen LogP contribution in [0.4, 0.5) is 14.5 Å². The Bertz CT molecular complexity index is 968. The lowest BCUT2D eigenvalue weighted by atomic mass is 10.0. The van der Waals surface area contributed by atoms with Gasteiger partial charge in [0.15, 0.2) is 17.4 Å². The largest absolute Gasteiger partial charge is 0.496 e. The second-order valence-corrected chi connectivity index (χ2v) is 7.12. The van der Waals surface area contributed by atoms with Gasteiger partial charge in [-0.3, -0.25) is 0 Å². The number of nitrogens with one attached hydrogen (secondary N) is 1. The first-order valence-corrected chi connectivity index (χ1v) is 9.66. The number of hydrogen-bond acceptors (Lipinski definition) is 5. The molecular weight excluding hydrogens is 376 g/mol. The van der Waals surface area contributed by atoms with Crippen LogP contribution in [0.5, 0.6) is 5.75 Å². The number of nitrogens with zero attached hydrogens (tertiary/aromatic N) is 2. The van der Waals surface area contributed by atoms with Crippen molar-refractivity contribution < 1.29 is 18.0 Å². The van der Waals surface area contributed by atoms with Crippen LogP contribution in [0.25, 0.3) is 11.3 Å². The van der Waals surface area contributed by atoms with E-state index in [1.807, 2.05) is 30.3 Å². The number of rotatable bonds is 6. The number of piperidine rings is 1. The lowest BCUT2D eigenvalue weighted by Crippen LogP contribution is -2.42. The molecule has 1 aliphatic heterocycles. The van der Waals surface area contributed by atoms with Crippen molar-refractivity contribution in [3.05, 3.63) is 65.9 Å². The molecule has 0 unspecified atom stereocenters. The predicted molar refractivity (Wildman–Crippen MR) is 107 cm³/mol. The van der Waals surface area contributed by atoms with Crippen LogP contribution in [0.1, 0.15) is 18.6 Å². The Balaban J connectivity index is 1.31.